The van der Waals surface area contributed by atoms with Crippen LogP contribution in [-0.4, -0.2) is 5.97 Å². The quantitative estimate of drug-likeness (QED) is 0.592. The van der Waals surface area contributed by atoms with Crippen molar-refractivity contribution in [1.82, 2.24) is 0 Å². The van der Waals surface area contributed by atoms with Crippen LogP contribution < -0.4 is 0 Å². The summed E-state index contributed by atoms with van der Waals surface area (Å²) in [6, 6.07) is 8.68. The van der Waals surface area contributed by atoms with E-state index in [0.717, 1.165) is 17.8 Å². The molecule has 1 aromatic carbocycles. The number of fused-ring (bicyclic) bond motifs is 3. The lowest BCUT2D eigenvalue weighted by atomic mass is 9.96. The smallest absolute Gasteiger partial charge is 0.316 e. The van der Waals surface area contributed by atoms with Gasteiger partial charge in [-0.25, -0.2) is 0 Å². The number of benzene rings is 1. The summed E-state index contributed by atoms with van der Waals surface area (Å²) in [5.74, 6) is 2.37. The van der Waals surface area contributed by atoms with Crippen molar-refractivity contribution < 1.29 is 9.53 Å². The Hall–Kier alpha value is -1.57. The first-order valence-corrected chi connectivity index (χ1v) is 7.78. The van der Waals surface area contributed by atoms with Crippen LogP contribution >= 0.6 is 0 Å². The van der Waals surface area contributed by atoms with Crippen molar-refractivity contribution in [3.63, 3.8) is 0 Å². The third-order valence-electron chi connectivity index (χ3n) is 4.65. The Labute approximate surface area is 127 Å². The molecule has 21 heavy (non-hydrogen) atoms. The fourth-order valence-corrected chi connectivity index (χ4v) is 3.47. The lowest BCUT2D eigenvalue weighted by Gasteiger charge is -2.20. The van der Waals surface area contributed by atoms with E-state index < -0.39 is 5.41 Å². The van der Waals surface area contributed by atoms with Gasteiger partial charge in [0.1, 0.15) is 5.76 Å². The van der Waals surface area contributed by atoms with E-state index in [2.05, 4.69) is 24.3 Å². The van der Waals surface area contributed by atoms with E-state index in [4.69, 9.17) is 4.74 Å². The molecule has 0 N–H and O–H groups in total. The summed E-state index contributed by atoms with van der Waals surface area (Å²) in [7, 11) is 0. The van der Waals surface area contributed by atoms with Gasteiger partial charge < -0.3 is 4.74 Å². The molecule has 0 amide bonds. The second-order valence-electron chi connectivity index (χ2n) is 7.62. The van der Waals surface area contributed by atoms with Gasteiger partial charge in [-0.15, -0.1) is 0 Å². The molecule has 0 aromatic heterocycles. The van der Waals surface area contributed by atoms with E-state index in [1.807, 2.05) is 34.6 Å². The van der Waals surface area contributed by atoms with Gasteiger partial charge in [0.15, 0.2) is 0 Å². The van der Waals surface area contributed by atoms with Crippen LogP contribution in [0.1, 0.15) is 51.7 Å². The molecule has 0 radical (unpaired) electrons. The molecule has 0 aliphatic heterocycles. The first-order valence-electron chi connectivity index (χ1n) is 7.78. The fraction of sp³-hybridized carbons (Fsp3) is 0.526. The highest BCUT2D eigenvalue weighted by atomic mass is 16.5. The predicted molar refractivity (Wildman–Crippen MR) is 83.8 cm³/mol. The molecule has 0 spiro atoms. The number of ether oxygens (including phenoxy) is 1. The van der Waals surface area contributed by atoms with Gasteiger partial charge >= 0.3 is 5.97 Å². The molecule has 0 heterocycles. The molecule has 2 heteroatoms. The van der Waals surface area contributed by atoms with Crippen LogP contribution in [0.25, 0.3) is 0 Å². The third-order valence-corrected chi connectivity index (χ3v) is 4.65. The minimum atomic E-state index is -0.456. The SMILES string of the molecule is CC(C)=C(OC(=O)C(C)(C)C)C1[C@H]2Cc3ccccc3[C@@H]12. The summed E-state index contributed by atoms with van der Waals surface area (Å²) in [5, 5.41) is 0. The number of esters is 1. The second-order valence-corrected chi connectivity index (χ2v) is 7.62. The van der Waals surface area contributed by atoms with Crippen molar-refractivity contribution in [3.8, 4) is 0 Å². The monoisotopic (exact) mass is 284 g/mol. The molecule has 1 fully saturated rings. The van der Waals surface area contributed by atoms with Crippen LogP contribution in [-0.2, 0) is 16.0 Å². The maximum atomic E-state index is 12.2. The van der Waals surface area contributed by atoms with Crippen LogP contribution in [0, 0.1) is 17.3 Å². The second kappa shape index (κ2) is 4.72. The zero-order chi connectivity index (χ0) is 15.4. The number of carbonyl (C=O) groups is 1. The van der Waals surface area contributed by atoms with E-state index in [0.29, 0.717) is 17.8 Å². The Bertz CT molecular complexity index is 615. The van der Waals surface area contributed by atoms with E-state index >= 15 is 0 Å². The van der Waals surface area contributed by atoms with Crippen molar-refractivity contribution in [2.45, 2.75) is 47.0 Å². The van der Waals surface area contributed by atoms with Crippen molar-refractivity contribution in [3.05, 3.63) is 46.7 Å². The molecule has 112 valence electrons. The van der Waals surface area contributed by atoms with Crippen LogP contribution in [0.5, 0.6) is 0 Å². The van der Waals surface area contributed by atoms with Gasteiger partial charge in [0.05, 0.1) is 5.41 Å². The van der Waals surface area contributed by atoms with Crippen molar-refractivity contribution >= 4 is 5.97 Å². The lowest BCUT2D eigenvalue weighted by Crippen LogP contribution is -2.24. The summed E-state index contributed by atoms with van der Waals surface area (Å²) >= 11 is 0. The van der Waals surface area contributed by atoms with Crippen LogP contribution in [0.2, 0.25) is 0 Å². The van der Waals surface area contributed by atoms with E-state index in [-0.39, 0.29) is 5.97 Å². The number of carbonyl (C=O) groups excluding carboxylic acids is 1. The predicted octanol–water partition coefficient (Wildman–Crippen LogP) is 4.46. The van der Waals surface area contributed by atoms with E-state index in [1.165, 1.54) is 11.1 Å². The first-order chi connectivity index (χ1) is 9.80. The van der Waals surface area contributed by atoms with E-state index in [1.54, 1.807) is 0 Å². The lowest BCUT2D eigenvalue weighted by molar-refractivity contribution is -0.149. The highest BCUT2D eigenvalue weighted by molar-refractivity contribution is 5.76. The van der Waals surface area contributed by atoms with Crippen molar-refractivity contribution in [2.24, 2.45) is 17.3 Å². The maximum absolute atomic E-state index is 12.2. The number of hydrogen-bond donors (Lipinski definition) is 0. The van der Waals surface area contributed by atoms with Gasteiger partial charge in [-0.05, 0) is 69.6 Å². The Morgan fingerprint density at radius 2 is 1.86 bits per heavy atom. The van der Waals surface area contributed by atoms with Gasteiger partial charge in [-0.1, -0.05) is 24.3 Å². The molecule has 1 unspecified atom stereocenters. The maximum Gasteiger partial charge on any atom is 0.316 e. The number of hydrogen-bond acceptors (Lipinski definition) is 2. The highest BCUT2D eigenvalue weighted by Crippen LogP contribution is 2.64. The summed E-state index contributed by atoms with van der Waals surface area (Å²) < 4.78 is 5.79. The molecule has 0 saturated heterocycles. The summed E-state index contributed by atoms with van der Waals surface area (Å²) in [6.45, 7) is 9.80. The minimum absolute atomic E-state index is 0.128. The summed E-state index contributed by atoms with van der Waals surface area (Å²) in [5.41, 5.74) is 3.60. The minimum Gasteiger partial charge on any atom is -0.430 e. The largest absolute Gasteiger partial charge is 0.430 e. The van der Waals surface area contributed by atoms with Crippen LogP contribution in [0.15, 0.2) is 35.6 Å². The Morgan fingerprint density at radius 1 is 1.19 bits per heavy atom. The average molecular weight is 284 g/mol. The molecule has 2 nitrogen and oxygen atoms in total. The summed E-state index contributed by atoms with van der Waals surface area (Å²) in [6.07, 6.45) is 1.12. The Balaban J connectivity index is 1.82. The van der Waals surface area contributed by atoms with Gasteiger partial charge in [-0.3, -0.25) is 4.79 Å². The number of allylic oxidation sites excluding steroid dienone is 2. The molecule has 0 bridgehead atoms. The molecule has 3 atom stereocenters. The highest BCUT2D eigenvalue weighted by Gasteiger charge is 2.58. The molecular formula is C19H24O2. The molecule has 2 aliphatic rings. The zero-order valence-corrected chi connectivity index (χ0v) is 13.6. The zero-order valence-electron chi connectivity index (χ0n) is 13.6. The molecule has 1 saturated carbocycles. The molecule has 2 aliphatic carbocycles. The summed E-state index contributed by atoms with van der Waals surface area (Å²) in [4.78, 5) is 12.2. The van der Waals surface area contributed by atoms with Gasteiger partial charge in [0.2, 0.25) is 0 Å². The first kappa shape index (κ1) is 14.4. The van der Waals surface area contributed by atoms with E-state index in [9.17, 15) is 4.79 Å². The standard InChI is InChI=1S/C19H24O2/c1-11(2)17(21-18(20)19(3,4)5)16-14-10-12-8-6-7-9-13(12)15(14)16/h6-9,14-16H,10H2,1-5H3/t14-,15+,16?/m0/s1. The molecular weight excluding hydrogens is 260 g/mol. The Kier molecular flexibility index (Phi) is 3.23. The van der Waals surface area contributed by atoms with Gasteiger partial charge in [0.25, 0.3) is 0 Å². The molecule has 3 rings (SSSR count). The van der Waals surface area contributed by atoms with Crippen LogP contribution in [0.4, 0.5) is 0 Å². The third kappa shape index (κ3) is 2.41. The fourth-order valence-electron chi connectivity index (χ4n) is 3.47. The molecule has 1 aromatic rings. The Morgan fingerprint density at radius 3 is 2.48 bits per heavy atom. The van der Waals surface area contributed by atoms with Crippen molar-refractivity contribution in [2.75, 3.05) is 0 Å². The van der Waals surface area contributed by atoms with Gasteiger partial charge in [0, 0.05) is 5.92 Å². The van der Waals surface area contributed by atoms with Crippen LogP contribution in [0.3, 0.4) is 0 Å². The topological polar surface area (TPSA) is 26.3 Å². The number of rotatable bonds is 2. The van der Waals surface area contributed by atoms with Crippen molar-refractivity contribution in [1.29, 1.82) is 0 Å². The normalized spacial score (nSPS) is 25.9. The average Bonchev–Trinajstić information content (AvgIpc) is 2.94. The van der Waals surface area contributed by atoms with Gasteiger partial charge in [-0.2, -0.15) is 0 Å².